The van der Waals surface area contributed by atoms with Crippen LogP contribution >= 0.6 is 39.5 Å². The van der Waals surface area contributed by atoms with Crippen molar-refractivity contribution in [2.24, 2.45) is 0 Å². The third-order valence-corrected chi connectivity index (χ3v) is 5.19. The number of halogens is 1. The third-order valence-electron chi connectivity index (χ3n) is 3.14. The van der Waals surface area contributed by atoms with Gasteiger partial charge in [0.2, 0.25) is 0 Å². The van der Waals surface area contributed by atoms with E-state index in [4.69, 9.17) is 17.0 Å². The van der Waals surface area contributed by atoms with Crippen molar-refractivity contribution in [3.05, 3.63) is 44.7 Å². The van der Waals surface area contributed by atoms with E-state index in [2.05, 4.69) is 26.6 Å². The molecule has 2 rings (SSSR count). The van der Waals surface area contributed by atoms with Crippen LogP contribution in [0.3, 0.4) is 0 Å². The lowest BCUT2D eigenvalue weighted by Gasteiger charge is -2.12. The molecule has 0 atom stereocenters. The summed E-state index contributed by atoms with van der Waals surface area (Å²) in [5.41, 5.74) is 2.52. The van der Waals surface area contributed by atoms with E-state index in [9.17, 15) is 4.79 Å². The molecule has 0 aliphatic heterocycles. The first-order chi connectivity index (χ1) is 10.9. The summed E-state index contributed by atoms with van der Waals surface area (Å²) < 4.78 is 5.75. The van der Waals surface area contributed by atoms with Gasteiger partial charge < -0.3 is 15.4 Å². The number of rotatable bonds is 4. The summed E-state index contributed by atoms with van der Waals surface area (Å²) in [5, 5.41) is 7.32. The topological polar surface area (TPSA) is 50.4 Å². The van der Waals surface area contributed by atoms with Crippen molar-refractivity contribution in [3.8, 4) is 0 Å². The summed E-state index contributed by atoms with van der Waals surface area (Å²) in [6.45, 7) is 4.06. The fourth-order valence-corrected chi connectivity index (χ4v) is 3.81. The summed E-state index contributed by atoms with van der Waals surface area (Å²) in [6, 6.07) is 7.78. The number of nitrogens with one attached hydrogen (secondary N) is 2. The maximum atomic E-state index is 11.9. The molecule has 0 bridgehead atoms. The number of hydrogen-bond acceptors (Lipinski definition) is 4. The number of ether oxygens (including phenoxy) is 1. The predicted molar refractivity (Wildman–Crippen MR) is 104 cm³/mol. The van der Waals surface area contributed by atoms with Gasteiger partial charge in [-0.25, -0.2) is 4.79 Å². The highest BCUT2D eigenvalue weighted by Crippen LogP contribution is 2.30. The zero-order chi connectivity index (χ0) is 17.0. The van der Waals surface area contributed by atoms with E-state index in [1.165, 1.54) is 18.4 Å². The second-order valence-electron chi connectivity index (χ2n) is 4.86. The summed E-state index contributed by atoms with van der Waals surface area (Å²) in [6.07, 6.45) is 0.847. The Hall–Kier alpha value is -1.44. The zero-order valence-corrected chi connectivity index (χ0v) is 16.2. The van der Waals surface area contributed by atoms with E-state index in [0.29, 0.717) is 15.7 Å². The van der Waals surface area contributed by atoms with Gasteiger partial charge in [0.25, 0.3) is 0 Å². The second-order valence-corrected chi connectivity index (χ2v) is 7.26. The molecule has 1 heterocycles. The van der Waals surface area contributed by atoms with Crippen LogP contribution in [0.4, 0.5) is 10.7 Å². The zero-order valence-electron chi connectivity index (χ0n) is 13.0. The molecule has 1 aromatic carbocycles. The molecular formula is C16H17BrN2O2S2. The van der Waals surface area contributed by atoms with Crippen LogP contribution < -0.4 is 10.6 Å². The molecule has 1 aromatic heterocycles. The summed E-state index contributed by atoms with van der Waals surface area (Å²) in [7, 11) is 1.37. The molecule has 122 valence electrons. The molecular weight excluding hydrogens is 396 g/mol. The first kappa shape index (κ1) is 17.9. The van der Waals surface area contributed by atoms with Crippen molar-refractivity contribution in [3.63, 3.8) is 0 Å². The number of benzene rings is 1. The monoisotopic (exact) mass is 412 g/mol. The minimum absolute atomic E-state index is 0.372. The third kappa shape index (κ3) is 4.53. The minimum Gasteiger partial charge on any atom is -0.465 e. The molecule has 0 radical (unpaired) electrons. The molecule has 0 unspecified atom stereocenters. The largest absolute Gasteiger partial charge is 0.465 e. The molecule has 0 amide bonds. The molecule has 0 aliphatic carbocycles. The number of thiophene rings is 1. The molecule has 0 saturated heterocycles. The molecule has 0 aliphatic rings. The van der Waals surface area contributed by atoms with Crippen LogP contribution in [0.1, 0.15) is 27.7 Å². The average molecular weight is 413 g/mol. The van der Waals surface area contributed by atoms with Gasteiger partial charge in [0.05, 0.1) is 18.4 Å². The fraction of sp³-hybridized carbons (Fsp3) is 0.250. The Bertz CT molecular complexity index is 744. The Balaban J connectivity index is 2.16. The number of hydrogen-bond donors (Lipinski definition) is 2. The Morgan fingerprint density at radius 1 is 1.35 bits per heavy atom. The van der Waals surface area contributed by atoms with E-state index in [1.807, 2.05) is 38.1 Å². The van der Waals surface area contributed by atoms with Crippen molar-refractivity contribution in [1.82, 2.24) is 0 Å². The van der Waals surface area contributed by atoms with Crippen molar-refractivity contribution in [1.29, 1.82) is 0 Å². The van der Waals surface area contributed by atoms with Crippen molar-refractivity contribution in [2.45, 2.75) is 20.3 Å². The van der Waals surface area contributed by atoms with Crippen LogP contribution in [-0.2, 0) is 11.2 Å². The first-order valence-electron chi connectivity index (χ1n) is 6.99. The van der Waals surface area contributed by atoms with Crippen molar-refractivity contribution in [2.75, 3.05) is 17.7 Å². The minimum atomic E-state index is -0.372. The normalized spacial score (nSPS) is 10.3. The number of carbonyl (C=O) groups is 1. The Morgan fingerprint density at radius 3 is 2.70 bits per heavy atom. The number of esters is 1. The quantitative estimate of drug-likeness (QED) is 0.547. The number of thiocarbonyl (C=S) groups is 1. The molecule has 23 heavy (non-hydrogen) atoms. The number of methoxy groups -OCH3 is 1. The van der Waals surface area contributed by atoms with Crippen LogP contribution in [-0.4, -0.2) is 18.2 Å². The van der Waals surface area contributed by atoms with Gasteiger partial charge in [0.15, 0.2) is 5.11 Å². The molecule has 2 N–H and O–H groups in total. The van der Waals surface area contributed by atoms with Gasteiger partial charge >= 0.3 is 5.97 Å². The van der Waals surface area contributed by atoms with E-state index in [-0.39, 0.29) is 5.97 Å². The van der Waals surface area contributed by atoms with Gasteiger partial charge in [0, 0.05) is 9.35 Å². The van der Waals surface area contributed by atoms with Crippen LogP contribution in [0.2, 0.25) is 0 Å². The lowest BCUT2D eigenvalue weighted by Crippen LogP contribution is -2.20. The maximum Gasteiger partial charge on any atom is 0.340 e. The van der Waals surface area contributed by atoms with Crippen molar-refractivity contribution < 1.29 is 9.53 Å². The second kappa shape index (κ2) is 7.90. The number of aryl methyl sites for hydroxylation is 2. The molecule has 4 nitrogen and oxygen atoms in total. The smallest absolute Gasteiger partial charge is 0.340 e. The van der Waals surface area contributed by atoms with Gasteiger partial charge in [-0.3, -0.25) is 0 Å². The highest BCUT2D eigenvalue weighted by molar-refractivity contribution is 9.10. The molecule has 0 saturated carbocycles. The Kier molecular flexibility index (Phi) is 6.15. The van der Waals surface area contributed by atoms with Gasteiger partial charge in [-0.2, -0.15) is 0 Å². The highest BCUT2D eigenvalue weighted by Gasteiger charge is 2.17. The Morgan fingerprint density at radius 2 is 2.09 bits per heavy atom. The number of carbonyl (C=O) groups excluding carboxylic acids is 1. The molecule has 0 fully saturated rings. The van der Waals surface area contributed by atoms with E-state index >= 15 is 0 Å². The van der Waals surface area contributed by atoms with Crippen LogP contribution in [0.5, 0.6) is 0 Å². The van der Waals surface area contributed by atoms with E-state index in [0.717, 1.165) is 27.0 Å². The first-order valence-corrected chi connectivity index (χ1v) is 9.01. The van der Waals surface area contributed by atoms with Gasteiger partial charge in [-0.05, 0) is 65.3 Å². The van der Waals surface area contributed by atoms with Gasteiger partial charge in [0.1, 0.15) is 5.00 Å². The number of anilines is 2. The van der Waals surface area contributed by atoms with Gasteiger partial charge in [-0.15, -0.1) is 11.3 Å². The SMILES string of the molecule is CCc1cc(C(=O)OC)c(NC(=S)Nc2ccc(C)cc2Br)s1. The lowest BCUT2D eigenvalue weighted by molar-refractivity contribution is 0.0602. The summed E-state index contributed by atoms with van der Waals surface area (Å²) in [4.78, 5) is 13.0. The van der Waals surface area contributed by atoms with E-state index < -0.39 is 0 Å². The standard InChI is InChI=1S/C16H17BrN2O2S2/c1-4-10-8-11(15(20)21-3)14(23-10)19-16(22)18-13-6-5-9(2)7-12(13)17/h5-8H,4H2,1-3H3,(H2,18,19,22). The molecule has 2 aromatic rings. The maximum absolute atomic E-state index is 11.9. The summed E-state index contributed by atoms with van der Waals surface area (Å²) in [5.74, 6) is -0.372. The van der Waals surface area contributed by atoms with Crippen LogP contribution in [0, 0.1) is 6.92 Å². The fourth-order valence-electron chi connectivity index (χ4n) is 1.95. The molecule has 7 heteroatoms. The molecule has 0 spiro atoms. The van der Waals surface area contributed by atoms with Crippen LogP contribution in [0.25, 0.3) is 0 Å². The summed E-state index contributed by atoms with van der Waals surface area (Å²) >= 11 is 10.4. The highest BCUT2D eigenvalue weighted by atomic mass is 79.9. The van der Waals surface area contributed by atoms with Crippen molar-refractivity contribution >= 4 is 61.3 Å². The van der Waals surface area contributed by atoms with Gasteiger partial charge in [-0.1, -0.05) is 13.0 Å². The predicted octanol–water partition coefficient (Wildman–Crippen LogP) is 4.98. The Labute approximate surface area is 153 Å². The average Bonchev–Trinajstić information content (AvgIpc) is 2.92. The lowest BCUT2D eigenvalue weighted by atomic mass is 10.2. The van der Waals surface area contributed by atoms with Crippen LogP contribution in [0.15, 0.2) is 28.7 Å². The van der Waals surface area contributed by atoms with E-state index in [1.54, 1.807) is 0 Å².